The quantitative estimate of drug-likeness (QED) is 0.723. The molecule has 1 nitrogen and oxygen atoms in total. The molecule has 0 saturated carbocycles. The van der Waals surface area contributed by atoms with Crippen molar-refractivity contribution in [1.29, 1.82) is 0 Å². The molecule has 0 aromatic heterocycles. The van der Waals surface area contributed by atoms with Gasteiger partial charge < -0.3 is 5.32 Å². The van der Waals surface area contributed by atoms with Crippen LogP contribution in [0, 0.1) is 12.7 Å². The Bertz CT molecular complexity index is 296. The van der Waals surface area contributed by atoms with Crippen LogP contribution in [0.15, 0.2) is 18.2 Å². The molecular weight excluding hydrogens is 177 g/mol. The Morgan fingerprint density at radius 1 is 1.36 bits per heavy atom. The second kappa shape index (κ2) is 4.09. The highest BCUT2D eigenvalue weighted by atomic mass is 19.1. The van der Waals surface area contributed by atoms with E-state index in [2.05, 4.69) is 11.4 Å². The summed E-state index contributed by atoms with van der Waals surface area (Å²) < 4.78 is 13.2. The summed E-state index contributed by atoms with van der Waals surface area (Å²) in [5, 5.41) is 3.35. The number of hydrogen-bond donors (Lipinski definition) is 1. The van der Waals surface area contributed by atoms with Gasteiger partial charge in [0.1, 0.15) is 5.82 Å². The van der Waals surface area contributed by atoms with Gasteiger partial charge in [-0.25, -0.2) is 4.39 Å². The van der Waals surface area contributed by atoms with Crippen molar-refractivity contribution in [2.75, 3.05) is 13.1 Å². The van der Waals surface area contributed by atoms with Crippen LogP contribution < -0.4 is 5.32 Å². The van der Waals surface area contributed by atoms with Crippen molar-refractivity contribution < 1.29 is 4.39 Å². The van der Waals surface area contributed by atoms with E-state index in [1.165, 1.54) is 12.8 Å². The van der Waals surface area contributed by atoms with Crippen molar-refractivity contribution in [2.45, 2.75) is 25.7 Å². The molecule has 1 aliphatic rings. The molecule has 1 aromatic carbocycles. The smallest absolute Gasteiger partial charge is 0.123 e. The second-order valence-corrected chi connectivity index (χ2v) is 4.11. The molecule has 1 aliphatic heterocycles. The fraction of sp³-hybridized carbons (Fsp3) is 0.500. The number of rotatable bonds is 1. The fourth-order valence-electron chi connectivity index (χ4n) is 2.14. The summed E-state index contributed by atoms with van der Waals surface area (Å²) in [5.41, 5.74) is 2.17. The van der Waals surface area contributed by atoms with Crippen LogP contribution in [0.25, 0.3) is 0 Å². The normalized spacial score (nSPS) is 22.3. The van der Waals surface area contributed by atoms with E-state index in [9.17, 15) is 4.39 Å². The van der Waals surface area contributed by atoms with Gasteiger partial charge >= 0.3 is 0 Å². The molecule has 0 bridgehead atoms. The number of halogens is 1. The Balaban J connectivity index is 2.21. The Hall–Kier alpha value is -0.890. The lowest BCUT2D eigenvalue weighted by Gasteiger charge is -2.23. The van der Waals surface area contributed by atoms with Gasteiger partial charge in [0.05, 0.1) is 0 Å². The topological polar surface area (TPSA) is 12.0 Å². The third kappa shape index (κ3) is 2.13. The number of nitrogens with one attached hydrogen (secondary N) is 1. The lowest BCUT2D eigenvalue weighted by atomic mass is 9.91. The average molecular weight is 193 g/mol. The summed E-state index contributed by atoms with van der Waals surface area (Å²) in [7, 11) is 0. The monoisotopic (exact) mass is 193 g/mol. The van der Waals surface area contributed by atoms with Gasteiger partial charge in [-0.15, -0.1) is 0 Å². The van der Waals surface area contributed by atoms with Crippen LogP contribution in [-0.2, 0) is 0 Å². The molecule has 1 saturated heterocycles. The first-order valence-corrected chi connectivity index (χ1v) is 5.23. The van der Waals surface area contributed by atoms with Gasteiger partial charge in [0.2, 0.25) is 0 Å². The highest BCUT2D eigenvalue weighted by Gasteiger charge is 2.15. The predicted octanol–water partition coefficient (Wildman–Crippen LogP) is 2.60. The molecule has 2 heteroatoms. The van der Waals surface area contributed by atoms with E-state index < -0.39 is 0 Å². The summed E-state index contributed by atoms with van der Waals surface area (Å²) in [4.78, 5) is 0. The first-order chi connectivity index (χ1) is 6.75. The Morgan fingerprint density at radius 3 is 2.86 bits per heavy atom. The highest BCUT2D eigenvalue weighted by molar-refractivity contribution is 5.27. The largest absolute Gasteiger partial charge is 0.316 e. The maximum atomic E-state index is 13.2. The Labute approximate surface area is 84.3 Å². The lowest BCUT2D eigenvalue weighted by molar-refractivity contribution is 0.459. The third-order valence-corrected chi connectivity index (χ3v) is 2.83. The van der Waals surface area contributed by atoms with Crippen LogP contribution >= 0.6 is 0 Å². The molecule has 1 aromatic rings. The van der Waals surface area contributed by atoms with Crippen LogP contribution in [0.1, 0.15) is 29.9 Å². The summed E-state index contributed by atoms with van der Waals surface area (Å²) in [6.45, 7) is 4.04. The van der Waals surface area contributed by atoms with Gasteiger partial charge in [-0.3, -0.25) is 0 Å². The minimum atomic E-state index is -0.106. The van der Waals surface area contributed by atoms with Gasteiger partial charge in [-0.2, -0.15) is 0 Å². The van der Waals surface area contributed by atoms with E-state index >= 15 is 0 Å². The van der Waals surface area contributed by atoms with Gasteiger partial charge in [0, 0.05) is 6.54 Å². The van der Waals surface area contributed by atoms with Crippen molar-refractivity contribution in [3.8, 4) is 0 Å². The zero-order valence-electron chi connectivity index (χ0n) is 8.52. The highest BCUT2D eigenvalue weighted by Crippen LogP contribution is 2.24. The Kier molecular flexibility index (Phi) is 2.82. The van der Waals surface area contributed by atoms with Gasteiger partial charge in [-0.05, 0) is 55.5 Å². The number of aryl methyl sites for hydroxylation is 1. The minimum absolute atomic E-state index is 0.106. The SMILES string of the molecule is Cc1cc(F)cc([C@@H]2CCCNC2)c1. The number of hydrogen-bond acceptors (Lipinski definition) is 1. The Morgan fingerprint density at radius 2 is 2.21 bits per heavy atom. The summed E-state index contributed by atoms with van der Waals surface area (Å²) >= 11 is 0. The zero-order chi connectivity index (χ0) is 9.97. The molecular formula is C12H16FN. The van der Waals surface area contributed by atoms with Gasteiger partial charge in [0.15, 0.2) is 0 Å². The summed E-state index contributed by atoms with van der Waals surface area (Å²) in [5.74, 6) is 0.392. The standard InChI is InChI=1S/C12H16FN/c1-9-5-11(7-12(13)6-9)10-3-2-4-14-8-10/h5-7,10,14H,2-4,8H2,1H3/t10-/m1/s1. The molecule has 1 fully saturated rings. The minimum Gasteiger partial charge on any atom is -0.316 e. The maximum absolute atomic E-state index is 13.2. The van der Waals surface area contributed by atoms with Crippen LogP contribution in [0.3, 0.4) is 0 Å². The van der Waals surface area contributed by atoms with Crippen LogP contribution in [0.4, 0.5) is 4.39 Å². The van der Waals surface area contributed by atoms with Gasteiger partial charge in [0.25, 0.3) is 0 Å². The molecule has 1 atom stereocenters. The molecule has 1 N–H and O–H groups in total. The fourth-order valence-corrected chi connectivity index (χ4v) is 2.14. The van der Waals surface area contributed by atoms with Crippen molar-refractivity contribution in [3.63, 3.8) is 0 Å². The van der Waals surface area contributed by atoms with Crippen LogP contribution in [-0.4, -0.2) is 13.1 Å². The molecule has 0 unspecified atom stereocenters. The molecule has 14 heavy (non-hydrogen) atoms. The number of piperidine rings is 1. The molecule has 0 amide bonds. The lowest BCUT2D eigenvalue weighted by Crippen LogP contribution is -2.28. The summed E-state index contributed by atoms with van der Waals surface area (Å²) in [6, 6.07) is 5.35. The van der Waals surface area contributed by atoms with Crippen molar-refractivity contribution in [2.24, 2.45) is 0 Å². The molecule has 76 valence electrons. The van der Waals surface area contributed by atoms with E-state index in [4.69, 9.17) is 0 Å². The van der Waals surface area contributed by atoms with Crippen molar-refractivity contribution >= 4 is 0 Å². The first-order valence-electron chi connectivity index (χ1n) is 5.23. The predicted molar refractivity (Wildman–Crippen MR) is 56.0 cm³/mol. The third-order valence-electron chi connectivity index (χ3n) is 2.83. The molecule has 0 aliphatic carbocycles. The van der Waals surface area contributed by atoms with E-state index in [-0.39, 0.29) is 5.82 Å². The second-order valence-electron chi connectivity index (χ2n) is 4.11. The van der Waals surface area contributed by atoms with Crippen molar-refractivity contribution in [1.82, 2.24) is 5.32 Å². The van der Waals surface area contributed by atoms with E-state index in [1.54, 1.807) is 12.1 Å². The van der Waals surface area contributed by atoms with Crippen molar-refractivity contribution in [3.05, 3.63) is 35.1 Å². The van der Waals surface area contributed by atoms with Gasteiger partial charge in [-0.1, -0.05) is 6.07 Å². The van der Waals surface area contributed by atoms with E-state index in [0.29, 0.717) is 5.92 Å². The first kappa shape index (κ1) is 9.66. The van der Waals surface area contributed by atoms with Crippen LogP contribution in [0.5, 0.6) is 0 Å². The molecule has 0 spiro atoms. The zero-order valence-corrected chi connectivity index (χ0v) is 8.52. The van der Waals surface area contributed by atoms with Crippen LogP contribution in [0.2, 0.25) is 0 Å². The maximum Gasteiger partial charge on any atom is 0.123 e. The summed E-state index contributed by atoms with van der Waals surface area (Å²) in [6.07, 6.45) is 2.37. The molecule has 0 radical (unpaired) electrons. The molecule has 2 rings (SSSR count). The van der Waals surface area contributed by atoms with E-state index in [0.717, 1.165) is 24.2 Å². The number of benzene rings is 1. The average Bonchev–Trinajstić information content (AvgIpc) is 2.18. The van der Waals surface area contributed by atoms with E-state index in [1.807, 2.05) is 6.92 Å². The molecule has 1 heterocycles.